The molecule has 1 amide bonds. The molecule has 0 bridgehead atoms. The molecule has 30 heavy (non-hydrogen) atoms. The number of halogens is 1. The second-order valence-electron chi connectivity index (χ2n) is 7.81. The van der Waals surface area contributed by atoms with E-state index in [4.69, 9.17) is 17.3 Å². The van der Waals surface area contributed by atoms with Crippen molar-refractivity contribution in [2.75, 3.05) is 19.3 Å². The second-order valence-corrected chi connectivity index (χ2v) is 11.9. The van der Waals surface area contributed by atoms with E-state index in [0.29, 0.717) is 12.8 Å². The molecule has 0 aromatic carbocycles. The highest BCUT2D eigenvalue weighted by Crippen LogP contribution is 2.32. The predicted molar refractivity (Wildman–Crippen MR) is 111 cm³/mol. The van der Waals surface area contributed by atoms with E-state index < -0.39 is 32.1 Å². The van der Waals surface area contributed by atoms with Crippen LogP contribution in [0.15, 0.2) is 4.90 Å². The molecule has 3 rings (SSSR count). The van der Waals surface area contributed by atoms with Crippen LogP contribution in [-0.4, -0.2) is 78.7 Å². The number of nitrogens with zero attached hydrogens (tertiary/aromatic N) is 4. The third-order valence-electron chi connectivity index (χ3n) is 5.53. The van der Waals surface area contributed by atoms with Crippen molar-refractivity contribution in [1.82, 2.24) is 23.7 Å². The van der Waals surface area contributed by atoms with Gasteiger partial charge in [0.15, 0.2) is 6.17 Å². The van der Waals surface area contributed by atoms with Crippen LogP contribution in [0.25, 0.3) is 0 Å². The standard InChI is InChI=1S/C16H27ClN6O5S2/c1-10-13(14(17)21(2)20-10)30(27,28)23-9-8-22(29(3,25)26)16(23)15(24)19-12-6-4-11(18)5-7-12/h11-12,16H,4-9,18H2,1-3H3,(H,19,24). The Kier molecular flexibility index (Phi) is 6.52. The van der Waals surface area contributed by atoms with E-state index >= 15 is 0 Å². The highest BCUT2D eigenvalue weighted by molar-refractivity contribution is 7.90. The van der Waals surface area contributed by atoms with Crippen LogP contribution in [0.3, 0.4) is 0 Å². The summed E-state index contributed by atoms with van der Waals surface area (Å²) >= 11 is 6.15. The molecule has 2 fully saturated rings. The molecule has 1 aromatic heterocycles. The van der Waals surface area contributed by atoms with E-state index in [-0.39, 0.29) is 40.9 Å². The number of nitrogens with one attached hydrogen (secondary N) is 1. The number of nitrogens with two attached hydrogens (primary N) is 1. The molecule has 1 saturated heterocycles. The van der Waals surface area contributed by atoms with Gasteiger partial charge in [0.1, 0.15) is 10.0 Å². The van der Waals surface area contributed by atoms with Crippen LogP contribution in [0.1, 0.15) is 31.4 Å². The normalized spacial score (nSPS) is 26.8. The highest BCUT2D eigenvalue weighted by atomic mass is 35.5. The van der Waals surface area contributed by atoms with Gasteiger partial charge >= 0.3 is 0 Å². The molecule has 2 aliphatic rings. The highest BCUT2D eigenvalue weighted by Gasteiger charge is 2.49. The maximum absolute atomic E-state index is 13.4. The molecule has 1 aliphatic heterocycles. The van der Waals surface area contributed by atoms with E-state index in [2.05, 4.69) is 10.4 Å². The van der Waals surface area contributed by atoms with Crippen LogP contribution in [0.2, 0.25) is 5.15 Å². The molecule has 11 nitrogen and oxygen atoms in total. The smallest absolute Gasteiger partial charge is 0.254 e. The zero-order chi connectivity index (χ0) is 22.4. The summed E-state index contributed by atoms with van der Waals surface area (Å²) in [4.78, 5) is 12.9. The topological polar surface area (TPSA) is 148 Å². The summed E-state index contributed by atoms with van der Waals surface area (Å²) in [5.41, 5.74) is 6.06. The van der Waals surface area contributed by atoms with Crippen molar-refractivity contribution < 1.29 is 21.6 Å². The Hall–Kier alpha value is -1.25. The van der Waals surface area contributed by atoms with Crippen molar-refractivity contribution in [3.05, 3.63) is 10.8 Å². The average Bonchev–Trinajstić information content (AvgIpc) is 3.19. The van der Waals surface area contributed by atoms with Gasteiger partial charge in [0.25, 0.3) is 5.91 Å². The molecule has 0 spiro atoms. The summed E-state index contributed by atoms with van der Waals surface area (Å²) in [6.07, 6.45) is 2.19. The number of hydrogen-bond acceptors (Lipinski definition) is 7. The van der Waals surface area contributed by atoms with E-state index in [1.807, 2.05) is 0 Å². The van der Waals surface area contributed by atoms with Gasteiger partial charge in [-0.15, -0.1) is 0 Å². The second kappa shape index (κ2) is 8.36. The number of hydrogen-bond donors (Lipinski definition) is 2. The molecule has 1 saturated carbocycles. The molecule has 1 atom stereocenters. The summed E-state index contributed by atoms with van der Waals surface area (Å²) in [6.45, 7) is 1.18. The molecular formula is C16H27ClN6O5S2. The first kappa shape index (κ1) is 23.4. The lowest BCUT2D eigenvalue weighted by Crippen LogP contribution is -2.55. The van der Waals surface area contributed by atoms with E-state index in [1.165, 1.54) is 18.7 Å². The lowest BCUT2D eigenvalue weighted by Gasteiger charge is -2.31. The molecule has 3 N–H and O–H groups in total. The summed E-state index contributed by atoms with van der Waals surface area (Å²) in [5.74, 6) is -0.681. The van der Waals surface area contributed by atoms with Gasteiger partial charge in [-0.2, -0.15) is 13.7 Å². The molecule has 1 aromatic rings. The summed E-state index contributed by atoms with van der Waals surface area (Å²) in [5, 5.41) is 6.73. The zero-order valence-corrected chi connectivity index (χ0v) is 19.5. The van der Waals surface area contributed by atoms with Crippen LogP contribution in [0.4, 0.5) is 0 Å². The predicted octanol–water partition coefficient (Wildman–Crippen LogP) is -0.640. The molecule has 1 unspecified atom stereocenters. The van der Waals surface area contributed by atoms with Gasteiger partial charge in [-0.3, -0.25) is 9.48 Å². The monoisotopic (exact) mass is 482 g/mol. The fourth-order valence-electron chi connectivity index (χ4n) is 4.01. The lowest BCUT2D eigenvalue weighted by molar-refractivity contribution is -0.127. The van der Waals surface area contributed by atoms with Gasteiger partial charge in [0.05, 0.1) is 11.9 Å². The largest absolute Gasteiger partial charge is 0.351 e. The maximum atomic E-state index is 13.4. The zero-order valence-electron chi connectivity index (χ0n) is 17.1. The number of aryl methyl sites for hydroxylation is 2. The van der Waals surface area contributed by atoms with Gasteiger partial charge < -0.3 is 11.1 Å². The first-order chi connectivity index (χ1) is 13.8. The van der Waals surface area contributed by atoms with Crippen LogP contribution >= 0.6 is 11.6 Å². The number of carbonyl (C=O) groups excluding carboxylic acids is 1. The van der Waals surface area contributed by atoms with Crippen molar-refractivity contribution in [2.24, 2.45) is 12.8 Å². The Balaban J connectivity index is 1.95. The molecule has 14 heteroatoms. The Morgan fingerprint density at radius 1 is 1.13 bits per heavy atom. The minimum Gasteiger partial charge on any atom is -0.351 e. The van der Waals surface area contributed by atoms with Crippen LogP contribution in [-0.2, 0) is 31.9 Å². The van der Waals surface area contributed by atoms with Gasteiger partial charge in [0, 0.05) is 32.2 Å². The van der Waals surface area contributed by atoms with Crippen LogP contribution in [0, 0.1) is 6.92 Å². The van der Waals surface area contributed by atoms with Gasteiger partial charge in [-0.1, -0.05) is 11.6 Å². The van der Waals surface area contributed by atoms with E-state index in [1.54, 1.807) is 0 Å². The third-order valence-corrected chi connectivity index (χ3v) is 9.32. The van der Waals surface area contributed by atoms with Gasteiger partial charge in [0.2, 0.25) is 20.0 Å². The number of amides is 1. The molecule has 1 aliphatic carbocycles. The SMILES string of the molecule is Cc1nn(C)c(Cl)c1S(=O)(=O)N1CCN(S(C)(=O)=O)C1C(=O)NC1CCC(N)CC1. The summed E-state index contributed by atoms with van der Waals surface area (Å²) in [6, 6.07) is -0.114. The third kappa shape index (κ3) is 4.36. The van der Waals surface area contributed by atoms with E-state index in [9.17, 15) is 21.6 Å². The number of carbonyl (C=O) groups is 1. The van der Waals surface area contributed by atoms with Crippen molar-refractivity contribution in [1.29, 1.82) is 0 Å². The lowest BCUT2D eigenvalue weighted by atomic mass is 9.92. The number of aromatic nitrogens is 2. The van der Waals surface area contributed by atoms with Crippen LogP contribution in [0.5, 0.6) is 0 Å². The number of rotatable bonds is 5. The average molecular weight is 483 g/mol. The Bertz CT molecular complexity index is 1030. The van der Waals surface area contributed by atoms with Gasteiger partial charge in [-0.25, -0.2) is 16.8 Å². The molecule has 170 valence electrons. The first-order valence-electron chi connectivity index (χ1n) is 9.57. The Morgan fingerprint density at radius 3 is 2.20 bits per heavy atom. The van der Waals surface area contributed by atoms with Gasteiger partial charge in [-0.05, 0) is 32.6 Å². The molecule has 2 heterocycles. The minimum atomic E-state index is -4.29. The quantitative estimate of drug-likeness (QED) is 0.567. The Morgan fingerprint density at radius 2 is 1.70 bits per heavy atom. The van der Waals surface area contributed by atoms with Crippen LogP contribution < -0.4 is 11.1 Å². The van der Waals surface area contributed by atoms with Crippen molar-refractivity contribution in [3.63, 3.8) is 0 Å². The molecular weight excluding hydrogens is 456 g/mol. The summed E-state index contributed by atoms with van der Waals surface area (Å²) < 4.78 is 54.4. The fraction of sp³-hybridized carbons (Fsp3) is 0.750. The first-order valence-corrected chi connectivity index (χ1v) is 13.2. The van der Waals surface area contributed by atoms with Crippen molar-refractivity contribution in [3.8, 4) is 0 Å². The van der Waals surface area contributed by atoms with Crippen molar-refractivity contribution >= 4 is 37.6 Å². The minimum absolute atomic E-state index is 0.0738. The Labute approximate surface area is 181 Å². The summed E-state index contributed by atoms with van der Waals surface area (Å²) in [7, 11) is -6.63. The molecule has 0 radical (unpaired) electrons. The maximum Gasteiger partial charge on any atom is 0.254 e. The van der Waals surface area contributed by atoms with E-state index in [0.717, 1.165) is 27.7 Å². The van der Waals surface area contributed by atoms with Crippen molar-refractivity contribution in [2.45, 2.75) is 55.8 Å². The fourth-order valence-corrected chi connectivity index (χ4v) is 7.31. The number of sulfonamides is 2.